The van der Waals surface area contributed by atoms with Crippen LogP contribution in [0.3, 0.4) is 0 Å². The number of carbonyl (C=O) groups is 1. The number of nitrogens with zero attached hydrogens (tertiary/aromatic N) is 2. The number of hydrogen-bond acceptors (Lipinski definition) is 6. The van der Waals surface area contributed by atoms with Crippen LogP contribution in [0, 0.1) is 0 Å². The summed E-state index contributed by atoms with van der Waals surface area (Å²) >= 11 is 3.77. The van der Waals surface area contributed by atoms with Crippen LogP contribution in [0.4, 0.5) is 0 Å². The summed E-state index contributed by atoms with van der Waals surface area (Å²) in [6.07, 6.45) is 0. The van der Waals surface area contributed by atoms with Gasteiger partial charge in [0.25, 0.3) is 0 Å². The first-order valence-corrected chi connectivity index (χ1v) is 11.0. The second-order valence-corrected chi connectivity index (χ2v) is 9.78. The van der Waals surface area contributed by atoms with Gasteiger partial charge in [0.05, 0.1) is 0 Å². The Morgan fingerprint density at radius 1 is 1.33 bits per heavy atom. The number of halogens is 1. The summed E-state index contributed by atoms with van der Waals surface area (Å²) in [6.45, 7) is 5.13. The Bertz CT molecular complexity index is 1090. The number of hydroxylamine groups is 1. The Hall–Kier alpha value is -1.48. The number of benzene rings is 1. The molecule has 1 aromatic carbocycles. The molecule has 9 heteroatoms. The first-order chi connectivity index (χ1) is 13.0. The Kier molecular flexibility index (Phi) is 5.24. The summed E-state index contributed by atoms with van der Waals surface area (Å²) in [5, 5.41) is 10.5. The molecular formula is C18H18BrN3O4Se. The second kappa shape index (κ2) is 7.50. The van der Waals surface area contributed by atoms with Crippen LogP contribution in [0.25, 0.3) is 20.6 Å². The normalized spacial score (nSPS) is 16.3. The molecule has 3 heterocycles. The van der Waals surface area contributed by atoms with Crippen LogP contribution in [0.1, 0.15) is 14.8 Å². The molecule has 0 atom stereocenters. The van der Waals surface area contributed by atoms with Crippen molar-refractivity contribution < 1.29 is 14.4 Å². The fourth-order valence-corrected chi connectivity index (χ4v) is 7.02. The van der Waals surface area contributed by atoms with Crippen LogP contribution in [0.2, 0.25) is 0 Å². The Morgan fingerprint density at radius 2 is 2.07 bits per heavy atom. The summed E-state index contributed by atoms with van der Waals surface area (Å²) < 4.78 is 8.91. The van der Waals surface area contributed by atoms with Crippen molar-refractivity contribution in [2.75, 3.05) is 33.2 Å². The third kappa shape index (κ3) is 3.51. The molecule has 1 aliphatic rings. The summed E-state index contributed by atoms with van der Waals surface area (Å²) in [4.78, 5) is 28.6. The predicted octanol–water partition coefficient (Wildman–Crippen LogP) is 1.63. The fraction of sp³-hybridized carbons (Fsp3) is 0.333. The first kappa shape index (κ1) is 18.9. The zero-order valence-corrected chi connectivity index (χ0v) is 17.9. The van der Waals surface area contributed by atoms with E-state index >= 15 is 0 Å². The molecule has 0 unspecified atom stereocenters. The maximum atomic E-state index is 12.2. The molecule has 0 spiro atoms. The molecule has 1 amide bonds. The molecule has 0 saturated carbocycles. The minimum atomic E-state index is -0.869. The number of fused-ring (bicyclic) bond motifs is 3. The molecule has 3 aromatic rings. The van der Waals surface area contributed by atoms with Gasteiger partial charge in [-0.25, -0.2) is 0 Å². The van der Waals surface area contributed by atoms with Gasteiger partial charge in [0.1, 0.15) is 0 Å². The van der Waals surface area contributed by atoms with E-state index in [4.69, 9.17) is 9.62 Å². The van der Waals surface area contributed by atoms with Gasteiger partial charge in [0, 0.05) is 0 Å². The van der Waals surface area contributed by atoms with Crippen molar-refractivity contribution in [2.45, 2.75) is 6.54 Å². The molecule has 142 valence electrons. The monoisotopic (exact) mass is 499 g/mol. The summed E-state index contributed by atoms with van der Waals surface area (Å²) in [5.74, 6) is -0.869. The summed E-state index contributed by atoms with van der Waals surface area (Å²) in [5.41, 5.74) is 1.05. The molecule has 1 fully saturated rings. The summed E-state index contributed by atoms with van der Waals surface area (Å²) in [7, 11) is 2.14. The van der Waals surface area contributed by atoms with Crippen molar-refractivity contribution in [3.8, 4) is 0 Å². The van der Waals surface area contributed by atoms with Crippen LogP contribution in [-0.4, -0.2) is 68.6 Å². The third-order valence-corrected chi connectivity index (χ3v) is 8.86. The molecule has 0 radical (unpaired) electrons. The van der Waals surface area contributed by atoms with Crippen LogP contribution in [0.15, 0.2) is 31.9 Å². The van der Waals surface area contributed by atoms with Crippen LogP contribution < -0.4 is 11.1 Å². The van der Waals surface area contributed by atoms with Gasteiger partial charge in [0.2, 0.25) is 0 Å². The Balaban J connectivity index is 1.77. The number of likely N-dealkylation sites (N-methyl/N-ethyl adjacent to an activating group) is 1. The molecule has 2 aromatic heterocycles. The van der Waals surface area contributed by atoms with Gasteiger partial charge in [-0.15, -0.1) is 0 Å². The zero-order chi connectivity index (χ0) is 19.1. The van der Waals surface area contributed by atoms with Crippen LogP contribution in [0.5, 0.6) is 0 Å². The van der Waals surface area contributed by atoms with E-state index in [1.807, 2.05) is 12.1 Å². The standard InChI is InChI=1S/C18H18BrN3O4Se/c1-21-4-6-22(7-5-21)9-13-14(19)11-3-2-10-8-12(17(23)20-25)18(24)26-15(10)16(11)27-13/h2-3,8,25H,4-7,9H2,1H3,(H,20,23). The molecular weight excluding hydrogens is 481 g/mol. The number of carbonyl (C=O) groups excluding carboxylic acids is 1. The molecule has 7 nitrogen and oxygen atoms in total. The molecule has 1 saturated heterocycles. The van der Waals surface area contributed by atoms with Crippen molar-refractivity contribution in [1.29, 1.82) is 0 Å². The average Bonchev–Trinajstić information content (AvgIpc) is 2.98. The maximum absolute atomic E-state index is 12.2. The van der Waals surface area contributed by atoms with E-state index in [2.05, 4.69) is 32.8 Å². The second-order valence-electron chi connectivity index (χ2n) is 6.67. The number of amides is 1. The van der Waals surface area contributed by atoms with Crippen LogP contribution >= 0.6 is 15.9 Å². The topological polar surface area (TPSA) is 86.0 Å². The van der Waals surface area contributed by atoms with Crippen molar-refractivity contribution >= 4 is 57.0 Å². The van der Waals surface area contributed by atoms with Crippen molar-refractivity contribution in [1.82, 2.24) is 15.3 Å². The van der Waals surface area contributed by atoms with Crippen molar-refractivity contribution in [3.63, 3.8) is 0 Å². The van der Waals surface area contributed by atoms with E-state index in [-0.39, 0.29) is 20.1 Å². The van der Waals surface area contributed by atoms with E-state index in [9.17, 15) is 9.59 Å². The predicted molar refractivity (Wildman–Crippen MR) is 107 cm³/mol. The Morgan fingerprint density at radius 3 is 2.78 bits per heavy atom. The molecule has 2 N–H and O–H groups in total. The summed E-state index contributed by atoms with van der Waals surface area (Å²) in [6, 6.07) is 5.29. The van der Waals surface area contributed by atoms with Gasteiger partial charge < -0.3 is 0 Å². The minimum absolute atomic E-state index is 0.0354. The molecule has 0 aliphatic carbocycles. The van der Waals surface area contributed by atoms with E-state index in [0.717, 1.165) is 46.8 Å². The Labute approximate surface area is 169 Å². The quantitative estimate of drug-likeness (QED) is 0.247. The van der Waals surface area contributed by atoms with Crippen molar-refractivity contribution in [2.24, 2.45) is 0 Å². The van der Waals surface area contributed by atoms with Gasteiger partial charge in [-0.05, 0) is 0 Å². The molecule has 27 heavy (non-hydrogen) atoms. The number of nitrogens with one attached hydrogen (secondary N) is 1. The number of hydrogen-bond donors (Lipinski definition) is 2. The number of rotatable bonds is 3. The van der Waals surface area contributed by atoms with Gasteiger partial charge in [-0.3, -0.25) is 0 Å². The van der Waals surface area contributed by atoms with E-state index in [0.29, 0.717) is 11.0 Å². The van der Waals surface area contributed by atoms with E-state index in [1.54, 1.807) is 0 Å². The third-order valence-electron chi connectivity index (χ3n) is 4.87. The fourth-order valence-electron chi connectivity index (χ4n) is 3.28. The van der Waals surface area contributed by atoms with Crippen molar-refractivity contribution in [3.05, 3.63) is 43.1 Å². The SMILES string of the molecule is CN1CCN(Cc2[se]c3c(ccc4cc(C(=O)NO)c(=O)oc43)c2Br)CC1. The first-order valence-electron chi connectivity index (χ1n) is 8.51. The van der Waals surface area contributed by atoms with Gasteiger partial charge in [-0.1, -0.05) is 0 Å². The average molecular weight is 499 g/mol. The van der Waals surface area contributed by atoms with Gasteiger partial charge >= 0.3 is 170 Å². The van der Waals surface area contributed by atoms with Gasteiger partial charge in [0.15, 0.2) is 0 Å². The molecule has 0 bridgehead atoms. The van der Waals surface area contributed by atoms with E-state index in [1.165, 1.54) is 16.0 Å². The van der Waals surface area contributed by atoms with Crippen LogP contribution in [-0.2, 0) is 6.54 Å². The van der Waals surface area contributed by atoms with E-state index < -0.39 is 11.5 Å². The number of piperazine rings is 1. The van der Waals surface area contributed by atoms with Gasteiger partial charge in [-0.2, -0.15) is 0 Å². The molecule has 4 rings (SSSR count). The zero-order valence-electron chi connectivity index (χ0n) is 14.6. The molecule has 1 aliphatic heterocycles.